The van der Waals surface area contributed by atoms with E-state index in [-0.39, 0.29) is 12.8 Å². The van der Waals surface area contributed by atoms with E-state index in [1.54, 1.807) is 0 Å². The van der Waals surface area contributed by atoms with Gasteiger partial charge in [0.05, 0.1) is 26.7 Å². The van der Waals surface area contributed by atoms with Crippen LogP contribution in [0.1, 0.15) is 97.8 Å². The van der Waals surface area contributed by atoms with Gasteiger partial charge in [-0.1, -0.05) is 52.9 Å². The molecular formula is C21H44NO4+. The van der Waals surface area contributed by atoms with Gasteiger partial charge in [0.2, 0.25) is 0 Å². The molecule has 0 fully saturated rings. The third kappa shape index (κ3) is 20.9. The van der Waals surface area contributed by atoms with E-state index >= 15 is 0 Å². The lowest BCUT2D eigenvalue weighted by atomic mass is 10.1. The maximum atomic E-state index is 10.0. The van der Waals surface area contributed by atoms with Crippen LogP contribution >= 0.6 is 0 Å². The molecule has 0 atom stereocenters. The molecule has 0 spiro atoms. The number of quaternary nitrogens is 1. The predicted octanol–water partition coefficient (Wildman–Crippen LogP) is 5.33. The maximum Gasteiger partial charge on any atom is 0.303 e. The summed E-state index contributed by atoms with van der Waals surface area (Å²) < 4.78 is 1.32. The van der Waals surface area contributed by atoms with Crippen LogP contribution in [0.5, 0.6) is 0 Å². The fourth-order valence-corrected chi connectivity index (χ4v) is 2.86. The first-order valence-corrected chi connectivity index (χ1v) is 10.6. The standard InChI is InChI=1S/C13H30N.C8H14O4/c1-5-8-11-14(4,12-9-6-2)13-10-7-3;9-7(10)5-3-1-2-4-6-8(11)12/h5-13H2,1-4H3;1-6H2,(H,9,10)(H,11,12)/q+1;. The number of aliphatic carboxylic acids is 2. The zero-order chi connectivity index (χ0) is 20.3. The van der Waals surface area contributed by atoms with Gasteiger partial charge in [0.25, 0.3) is 0 Å². The van der Waals surface area contributed by atoms with Crippen LogP contribution in [-0.2, 0) is 9.59 Å². The van der Waals surface area contributed by atoms with Crippen LogP contribution in [0.4, 0.5) is 0 Å². The van der Waals surface area contributed by atoms with E-state index in [0.717, 1.165) is 12.8 Å². The number of rotatable bonds is 16. The Hall–Kier alpha value is -1.10. The minimum Gasteiger partial charge on any atom is -0.481 e. The molecular weight excluding hydrogens is 330 g/mol. The second-order valence-electron chi connectivity index (χ2n) is 7.55. The van der Waals surface area contributed by atoms with Gasteiger partial charge in [-0.2, -0.15) is 0 Å². The Morgan fingerprint density at radius 1 is 0.615 bits per heavy atom. The van der Waals surface area contributed by atoms with Gasteiger partial charge in [0, 0.05) is 12.8 Å². The fourth-order valence-electron chi connectivity index (χ4n) is 2.86. The second kappa shape index (κ2) is 18.7. The Kier molecular flexibility index (Phi) is 19.5. The molecule has 2 N–H and O–H groups in total. The van der Waals surface area contributed by atoms with E-state index in [9.17, 15) is 9.59 Å². The largest absolute Gasteiger partial charge is 0.481 e. The molecule has 0 aliphatic rings. The summed E-state index contributed by atoms with van der Waals surface area (Å²) in [6, 6.07) is 0. The van der Waals surface area contributed by atoms with E-state index in [2.05, 4.69) is 27.8 Å². The van der Waals surface area contributed by atoms with Gasteiger partial charge in [0.15, 0.2) is 0 Å². The number of hydrogen-bond donors (Lipinski definition) is 2. The van der Waals surface area contributed by atoms with Gasteiger partial charge in [-0.15, -0.1) is 0 Å². The van der Waals surface area contributed by atoms with Crippen LogP contribution in [0.15, 0.2) is 0 Å². The third-order valence-corrected chi connectivity index (χ3v) is 4.69. The first-order valence-electron chi connectivity index (χ1n) is 10.6. The van der Waals surface area contributed by atoms with Gasteiger partial charge in [-0.25, -0.2) is 0 Å². The Bertz CT molecular complexity index is 305. The smallest absolute Gasteiger partial charge is 0.303 e. The molecule has 0 aromatic rings. The van der Waals surface area contributed by atoms with Crippen LogP contribution < -0.4 is 0 Å². The summed E-state index contributed by atoms with van der Waals surface area (Å²) in [6.45, 7) is 11.0. The Morgan fingerprint density at radius 2 is 0.923 bits per heavy atom. The summed E-state index contributed by atoms with van der Waals surface area (Å²) in [6.07, 6.45) is 11.5. The van der Waals surface area contributed by atoms with Crippen LogP contribution in [0.25, 0.3) is 0 Å². The minimum atomic E-state index is -0.784. The number of carboxylic acid groups (broad SMARTS) is 2. The normalized spacial score (nSPS) is 10.9. The summed E-state index contributed by atoms with van der Waals surface area (Å²) in [5, 5.41) is 16.5. The van der Waals surface area contributed by atoms with Crippen molar-refractivity contribution >= 4 is 11.9 Å². The number of carbonyl (C=O) groups is 2. The molecule has 0 saturated carbocycles. The summed E-state index contributed by atoms with van der Waals surface area (Å²) in [4.78, 5) is 20.1. The Labute approximate surface area is 161 Å². The van der Waals surface area contributed by atoms with E-state index in [1.165, 1.54) is 62.6 Å². The van der Waals surface area contributed by atoms with Crippen molar-refractivity contribution in [3.05, 3.63) is 0 Å². The van der Waals surface area contributed by atoms with Crippen LogP contribution in [0.3, 0.4) is 0 Å². The van der Waals surface area contributed by atoms with Crippen molar-refractivity contribution < 1.29 is 24.3 Å². The lowest BCUT2D eigenvalue weighted by Gasteiger charge is -2.34. The molecule has 0 unspecified atom stereocenters. The molecule has 0 saturated heterocycles. The van der Waals surface area contributed by atoms with Crippen LogP contribution in [0, 0.1) is 0 Å². The molecule has 0 heterocycles. The molecule has 5 nitrogen and oxygen atoms in total. The number of unbranched alkanes of at least 4 members (excludes halogenated alkanes) is 6. The van der Waals surface area contributed by atoms with Gasteiger partial charge in [0.1, 0.15) is 0 Å². The topological polar surface area (TPSA) is 74.6 Å². The Balaban J connectivity index is 0. The number of nitrogens with zero attached hydrogens (tertiary/aromatic N) is 1. The zero-order valence-corrected chi connectivity index (χ0v) is 17.8. The first kappa shape index (κ1) is 27.1. The van der Waals surface area contributed by atoms with E-state index in [1.807, 2.05) is 0 Å². The fraction of sp³-hybridized carbons (Fsp3) is 0.905. The van der Waals surface area contributed by atoms with Crippen molar-refractivity contribution in [2.45, 2.75) is 97.8 Å². The highest BCUT2D eigenvalue weighted by molar-refractivity contribution is 5.66. The molecule has 26 heavy (non-hydrogen) atoms. The van der Waals surface area contributed by atoms with Gasteiger partial charge < -0.3 is 14.7 Å². The lowest BCUT2D eigenvalue weighted by Crippen LogP contribution is -2.46. The minimum absolute atomic E-state index is 0.188. The highest BCUT2D eigenvalue weighted by Crippen LogP contribution is 2.10. The van der Waals surface area contributed by atoms with E-state index in [4.69, 9.17) is 10.2 Å². The van der Waals surface area contributed by atoms with E-state index in [0.29, 0.717) is 12.8 Å². The quantitative estimate of drug-likeness (QED) is 0.283. The molecule has 156 valence electrons. The lowest BCUT2D eigenvalue weighted by molar-refractivity contribution is -0.910. The number of carboxylic acids is 2. The predicted molar refractivity (Wildman–Crippen MR) is 108 cm³/mol. The molecule has 0 aromatic carbocycles. The molecule has 0 radical (unpaired) electrons. The van der Waals surface area contributed by atoms with Crippen molar-refractivity contribution in [2.75, 3.05) is 26.7 Å². The molecule has 0 amide bonds. The number of hydrogen-bond acceptors (Lipinski definition) is 2. The van der Waals surface area contributed by atoms with Crippen LogP contribution in [0.2, 0.25) is 0 Å². The molecule has 5 heteroatoms. The molecule has 0 rings (SSSR count). The van der Waals surface area contributed by atoms with Crippen molar-refractivity contribution in [3.8, 4) is 0 Å². The molecule has 0 aliphatic carbocycles. The highest BCUT2D eigenvalue weighted by Gasteiger charge is 2.18. The SMILES string of the molecule is CCCC[N+](C)(CCCC)CCCC.O=C(O)CCCCCCC(=O)O. The summed E-state index contributed by atoms with van der Waals surface area (Å²) in [5.74, 6) is -1.57. The van der Waals surface area contributed by atoms with Crippen molar-refractivity contribution in [1.29, 1.82) is 0 Å². The highest BCUT2D eigenvalue weighted by atomic mass is 16.4. The van der Waals surface area contributed by atoms with E-state index < -0.39 is 11.9 Å². The monoisotopic (exact) mass is 374 g/mol. The average molecular weight is 375 g/mol. The molecule has 0 bridgehead atoms. The zero-order valence-electron chi connectivity index (χ0n) is 17.8. The first-order chi connectivity index (χ1) is 12.3. The van der Waals surface area contributed by atoms with Gasteiger partial charge >= 0.3 is 11.9 Å². The van der Waals surface area contributed by atoms with Gasteiger partial charge in [-0.3, -0.25) is 9.59 Å². The molecule has 0 aromatic heterocycles. The maximum absolute atomic E-state index is 10.0. The summed E-state index contributed by atoms with van der Waals surface area (Å²) in [5.41, 5.74) is 0. The Morgan fingerprint density at radius 3 is 1.15 bits per heavy atom. The molecule has 0 aliphatic heterocycles. The van der Waals surface area contributed by atoms with Crippen molar-refractivity contribution in [2.24, 2.45) is 0 Å². The average Bonchev–Trinajstić information content (AvgIpc) is 2.60. The van der Waals surface area contributed by atoms with Gasteiger partial charge in [-0.05, 0) is 32.1 Å². The second-order valence-corrected chi connectivity index (χ2v) is 7.55. The van der Waals surface area contributed by atoms with Crippen LogP contribution in [-0.4, -0.2) is 53.3 Å². The summed E-state index contributed by atoms with van der Waals surface area (Å²) in [7, 11) is 2.45. The van der Waals surface area contributed by atoms with Crippen molar-refractivity contribution in [3.63, 3.8) is 0 Å². The third-order valence-electron chi connectivity index (χ3n) is 4.69. The van der Waals surface area contributed by atoms with Crippen molar-refractivity contribution in [1.82, 2.24) is 0 Å². The summed E-state index contributed by atoms with van der Waals surface area (Å²) >= 11 is 0.